The molecule has 11 heteroatoms. The number of carbonyl (C=O) groups is 1. The molecule has 0 bridgehead atoms. The van der Waals surface area contributed by atoms with Gasteiger partial charge in [-0.1, -0.05) is 17.4 Å². The van der Waals surface area contributed by atoms with E-state index in [4.69, 9.17) is 14.5 Å². The number of thiazole rings is 1. The van der Waals surface area contributed by atoms with Crippen molar-refractivity contribution in [3.05, 3.63) is 42.5 Å². The number of amides is 1. The number of fused-ring (bicyclic) bond motifs is 1. The third-order valence-electron chi connectivity index (χ3n) is 6.96. The number of piperazine rings is 1. The van der Waals surface area contributed by atoms with Crippen molar-refractivity contribution in [3.63, 3.8) is 0 Å². The second-order valence-corrected chi connectivity index (χ2v) is 12.2. The molecular formula is C26H32N4O5S2. The van der Waals surface area contributed by atoms with E-state index in [-0.39, 0.29) is 23.3 Å². The lowest BCUT2D eigenvalue weighted by Gasteiger charge is -2.38. The molecule has 0 spiro atoms. The number of nitrogens with zero attached hydrogens (tertiary/aromatic N) is 4. The van der Waals surface area contributed by atoms with Gasteiger partial charge in [0.05, 0.1) is 29.2 Å². The van der Waals surface area contributed by atoms with Crippen LogP contribution in [0.15, 0.2) is 47.4 Å². The molecule has 3 heterocycles. The molecule has 37 heavy (non-hydrogen) atoms. The SMILES string of the molecule is CCOc1cccc2sc(N3CCN(C(=O)C4CCCN(S(=O)(=O)c5ccc(OC)cc5)C4)CC3)nc12. The first-order chi connectivity index (χ1) is 17.9. The summed E-state index contributed by atoms with van der Waals surface area (Å²) in [6, 6.07) is 12.4. The standard InChI is InChI=1S/C26H32N4O5S2/c1-3-35-22-7-4-8-23-24(22)27-26(36-23)29-16-14-28(15-17-29)25(31)19-6-5-13-30(18-19)37(32,33)21-11-9-20(34-2)10-12-21/h4,7-12,19H,3,5-6,13-18H2,1-2H3. The zero-order chi connectivity index (χ0) is 26.0. The van der Waals surface area contributed by atoms with Crippen LogP contribution in [0.5, 0.6) is 11.5 Å². The van der Waals surface area contributed by atoms with Gasteiger partial charge in [-0.05, 0) is 56.2 Å². The van der Waals surface area contributed by atoms with E-state index in [0.717, 1.165) is 21.1 Å². The lowest BCUT2D eigenvalue weighted by molar-refractivity contribution is -0.137. The fraction of sp³-hybridized carbons (Fsp3) is 0.462. The highest BCUT2D eigenvalue weighted by Crippen LogP contribution is 2.35. The molecule has 2 aliphatic rings. The smallest absolute Gasteiger partial charge is 0.243 e. The molecular weight excluding hydrogens is 512 g/mol. The van der Waals surface area contributed by atoms with Crippen molar-refractivity contribution in [1.29, 1.82) is 0 Å². The van der Waals surface area contributed by atoms with E-state index < -0.39 is 10.0 Å². The maximum atomic E-state index is 13.4. The van der Waals surface area contributed by atoms with Gasteiger partial charge < -0.3 is 19.3 Å². The van der Waals surface area contributed by atoms with Gasteiger partial charge in [-0.3, -0.25) is 4.79 Å². The Kier molecular flexibility index (Phi) is 7.55. The minimum absolute atomic E-state index is 0.0391. The highest BCUT2D eigenvalue weighted by atomic mass is 32.2. The van der Waals surface area contributed by atoms with Gasteiger partial charge in [0.1, 0.15) is 17.0 Å². The summed E-state index contributed by atoms with van der Waals surface area (Å²) in [6.45, 7) is 5.75. The number of anilines is 1. The Hall–Kier alpha value is -2.89. The molecule has 2 aromatic carbocycles. The van der Waals surface area contributed by atoms with E-state index in [2.05, 4.69) is 4.90 Å². The van der Waals surface area contributed by atoms with Crippen LogP contribution in [0.1, 0.15) is 19.8 Å². The van der Waals surface area contributed by atoms with Gasteiger partial charge in [0.15, 0.2) is 5.13 Å². The molecule has 0 aliphatic carbocycles. The van der Waals surface area contributed by atoms with Crippen LogP contribution in [-0.2, 0) is 14.8 Å². The van der Waals surface area contributed by atoms with Crippen molar-refractivity contribution in [2.75, 3.05) is 57.9 Å². The number of piperidine rings is 1. The van der Waals surface area contributed by atoms with Crippen LogP contribution >= 0.6 is 11.3 Å². The third kappa shape index (κ3) is 5.25. The van der Waals surface area contributed by atoms with Gasteiger partial charge in [-0.2, -0.15) is 4.31 Å². The molecule has 198 valence electrons. The van der Waals surface area contributed by atoms with Crippen molar-refractivity contribution < 1.29 is 22.7 Å². The Morgan fingerprint density at radius 2 is 1.84 bits per heavy atom. The monoisotopic (exact) mass is 544 g/mol. The van der Waals surface area contributed by atoms with E-state index in [1.807, 2.05) is 30.0 Å². The summed E-state index contributed by atoms with van der Waals surface area (Å²) >= 11 is 1.63. The summed E-state index contributed by atoms with van der Waals surface area (Å²) < 4.78 is 39.8. The third-order valence-corrected chi connectivity index (χ3v) is 9.92. The Morgan fingerprint density at radius 1 is 1.08 bits per heavy atom. The molecule has 0 radical (unpaired) electrons. The van der Waals surface area contributed by atoms with E-state index in [0.29, 0.717) is 57.9 Å². The number of carbonyl (C=O) groups excluding carboxylic acids is 1. The molecule has 0 saturated carbocycles. The number of methoxy groups -OCH3 is 1. The second kappa shape index (κ2) is 10.8. The molecule has 2 fully saturated rings. The topological polar surface area (TPSA) is 92.3 Å². The average Bonchev–Trinajstić information content (AvgIpc) is 3.38. The predicted molar refractivity (Wildman–Crippen MR) is 144 cm³/mol. The fourth-order valence-corrected chi connectivity index (χ4v) is 7.51. The molecule has 9 nitrogen and oxygen atoms in total. The summed E-state index contributed by atoms with van der Waals surface area (Å²) in [7, 11) is -2.12. The maximum Gasteiger partial charge on any atom is 0.243 e. The van der Waals surface area contributed by atoms with Crippen molar-refractivity contribution >= 4 is 42.6 Å². The molecule has 0 N–H and O–H groups in total. The van der Waals surface area contributed by atoms with E-state index in [1.54, 1.807) is 42.7 Å². The first-order valence-electron chi connectivity index (χ1n) is 12.6. The summed E-state index contributed by atoms with van der Waals surface area (Å²) in [4.78, 5) is 22.5. The van der Waals surface area contributed by atoms with Gasteiger partial charge in [-0.25, -0.2) is 13.4 Å². The summed E-state index contributed by atoms with van der Waals surface area (Å²) in [5.74, 6) is 1.11. The first-order valence-corrected chi connectivity index (χ1v) is 14.9. The number of ether oxygens (including phenoxy) is 2. The number of hydrogen-bond donors (Lipinski definition) is 0. The van der Waals surface area contributed by atoms with E-state index in [9.17, 15) is 13.2 Å². The summed E-state index contributed by atoms with van der Waals surface area (Å²) in [5, 5.41) is 0.934. The molecule has 2 aliphatic heterocycles. The Balaban J connectivity index is 1.22. The number of para-hydroxylation sites is 1. The van der Waals surface area contributed by atoms with E-state index >= 15 is 0 Å². The summed E-state index contributed by atoms with van der Waals surface area (Å²) in [6.07, 6.45) is 1.37. The maximum absolute atomic E-state index is 13.4. The molecule has 1 amide bonds. The normalized spacial score (nSPS) is 19.2. The molecule has 5 rings (SSSR count). The van der Waals surface area contributed by atoms with Crippen LogP contribution in [-0.4, -0.2) is 81.5 Å². The number of hydrogen-bond acceptors (Lipinski definition) is 8. The van der Waals surface area contributed by atoms with Crippen LogP contribution < -0.4 is 14.4 Å². The number of rotatable bonds is 7. The second-order valence-electron chi connectivity index (χ2n) is 9.22. The van der Waals surface area contributed by atoms with Crippen molar-refractivity contribution in [1.82, 2.24) is 14.2 Å². The zero-order valence-electron chi connectivity index (χ0n) is 21.1. The zero-order valence-corrected chi connectivity index (χ0v) is 22.8. The number of benzene rings is 2. The lowest BCUT2D eigenvalue weighted by atomic mass is 9.98. The van der Waals surface area contributed by atoms with Crippen LogP contribution in [0, 0.1) is 5.92 Å². The number of aromatic nitrogens is 1. The van der Waals surface area contributed by atoms with Gasteiger partial charge in [0, 0.05) is 39.3 Å². The van der Waals surface area contributed by atoms with Crippen molar-refractivity contribution in [3.8, 4) is 11.5 Å². The van der Waals surface area contributed by atoms with E-state index in [1.165, 1.54) is 4.31 Å². The Morgan fingerprint density at radius 3 is 2.54 bits per heavy atom. The quantitative estimate of drug-likeness (QED) is 0.450. The minimum atomic E-state index is -3.67. The van der Waals surface area contributed by atoms with Gasteiger partial charge >= 0.3 is 0 Å². The Labute approximate surface area is 221 Å². The van der Waals surface area contributed by atoms with Crippen molar-refractivity contribution in [2.45, 2.75) is 24.7 Å². The minimum Gasteiger partial charge on any atom is -0.497 e. The summed E-state index contributed by atoms with van der Waals surface area (Å²) in [5.41, 5.74) is 0.878. The van der Waals surface area contributed by atoms with Gasteiger partial charge in [0.25, 0.3) is 0 Å². The fourth-order valence-electron chi connectivity index (χ4n) is 4.95. The number of sulfonamides is 1. The first kappa shape index (κ1) is 25.7. The Bertz CT molecular complexity index is 1350. The molecule has 1 unspecified atom stereocenters. The molecule has 2 saturated heterocycles. The average molecular weight is 545 g/mol. The molecule has 3 aromatic rings. The highest BCUT2D eigenvalue weighted by Gasteiger charge is 2.36. The van der Waals surface area contributed by atoms with Gasteiger partial charge in [0.2, 0.25) is 15.9 Å². The predicted octanol–water partition coefficient (Wildman–Crippen LogP) is 3.45. The molecule has 1 aromatic heterocycles. The van der Waals surface area contributed by atoms with Crippen LogP contribution in [0.3, 0.4) is 0 Å². The van der Waals surface area contributed by atoms with Gasteiger partial charge in [-0.15, -0.1) is 0 Å². The van der Waals surface area contributed by atoms with Crippen LogP contribution in [0.2, 0.25) is 0 Å². The highest BCUT2D eigenvalue weighted by molar-refractivity contribution is 7.89. The molecule has 1 atom stereocenters. The van der Waals surface area contributed by atoms with Crippen LogP contribution in [0.25, 0.3) is 10.2 Å². The largest absolute Gasteiger partial charge is 0.497 e. The van der Waals surface area contributed by atoms with Crippen molar-refractivity contribution in [2.24, 2.45) is 5.92 Å². The lowest BCUT2D eigenvalue weighted by Crippen LogP contribution is -2.53. The van der Waals surface area contributed by atoms with Crippen LogP contribution in [0.4, 0.5) is 5.13 Å².